The number of aromatic nitrogens is 2. The first-order chi connectivity index (χ1) is 13.1. The van der Waals surface area contributed by atoms with Crippen LogP contribution in [0, 0.1) is 0 Å². The van der Waals surface area contributed by atoms with Crippen LogP contribution < -0.4 is 10.6 Å². The van der Waals surface area contributed by atoms with E-state index in [1.165, 1.54) is 0 Å². The maximum absolute atomic E-state index is 11.4. The highest BCUT2D eigenvalue weighted by Gasteiger charge is 2.38. The van der Waals surface area contributed by atoms with Crippen molar-refractivity contribution in [1.29, 1.82) is 0 Å². The van der Waals surface area contributed by atoms with E-state index >= 15 is 0 Å². The van der Waals surface area contributed by atoms with Gasteiger partial charge in [0.2, 0.25) is 5.91 Å². The van der Waals surface area contributed by atoms with Gasteiger partial charge in [-0.1, -0.05) is 5.16 Å². The highest BCUT2D eigenvalue weighted by atomic mass is 19.4. The van der Waals surface area contributed by atoms with Crippen LogP contribution in [0.15, 0.2) is 22.7 Å². The summed E-state index contributed by atoms with van der Waals surface area (Å²) < 4.78 is 37.1. The fourth-order valence-corrected chi connectivity index (χ4v) is 2.35. The molecule has 3 N–H and O–H groups in total. The number of hydrogen-bond donors (Lipinski definition) is 3. The largest absolute Gasteiger partial charge is 0.490 e. The van der Waals surface area contributed by atoms with Gasteiger partial charge in [-0.3, -0.25) is 4.79 Å². The molecule has 0 saturated carbocycles. The van der Waals surface area contributed by atoms with E-state index in [1.54, 1.807) is 0 Å². The molecule has 0 radical (unpaired) electrons. The average Bonchev–Trinajstić information content (AvgIpc) is 3.09. The molecule has 2 heterocycles. The number of carboxylic acids is 1. The zero-order valence-electron chi connectivity index (χ0n) is 15.1. The molecule has 8 nitrogen and oxygen atoms in total. The summed E-state index contributed by atoms with van der Waals surface area (Å²) in [7, 11) is 1.91. The van der Waals surface area contributed by atoms with Crippen LogP contribution in [0.3, 0.4) is 0 Å². The summed E-state index contributed by atoms with van der Waals surface area (Å²) in [5.74, 6) is -1.48. The van der Waals surface area contributed by atoms with Crippen molar-refractivity contribution >= 4 is 17.6 Å². The summed E-state index contributed by atoms with van der Waals surface area (Å²) in [5.41, 5.74) is 2.87. The van der Waals surface area contributed by atoms with Crippen LogP contribution in [0.2, 0.25) is 0 Å². The minimum atomic E-state index is -5.08. The standard InChI is InChI=1S/C15H18N4O2.C2HF3O2/c1-9(16-2)7-13-18-15(21-19-13)11-3-5-12-10(8-11)4-6-14(20)17-12;3-2(4,5)1(6)7/h3,5,8-9,16H,4,6-7H2,1-2H3,(H,17,20);(H,6,7). The van der Waals surface area contributed by atoms with Crippen LogP contribution in [0.25, 0.3) is 11.5 Å². The molecule has 11 heteroatoms. The van der Waals surface area contributed by atoms with Gasteiger partial charge in [-0.15, -0.1) is 0 Å². The number of fused-ring (bicyclic) bond motifs is 1. The first kappa shape index (κ1) is 21.4. The van der Waals surface area contributed by atoms with Gasteiger partial charge in [-0.05, 0) is 44.2 Å². The first-order valence-corrected chi connectivity index (χ1v) is 8.33. The number of nitrogens with zero attached hydrogens (tertiary/aromatic N) is 2. The summed E-state index contributed by atoms with van der Waals surface area (Å²) >= 11 is 0. The van der Waals surface area contributed by atoms with Crippen LogP contribution in [0.5, 0.6) is 0 Å². The number of halogens is 3. The van der Waals surface area contributed by atoms with Gasteiger partial charge in [0.15, 0.2) is 5.82 Å². The van der Waals surface area contributed by atoms with Crippen LogP contribution in [-0.2, 0) is 22.4 Å². The molecule has 1 unspecified atom stereocenters. The Morgan fingerprint density at radius 3 is 2.68 bits per heavy atom. The number of carboxylic acid groups (broad SMARTS) is 1. The molecule has 3 rings (SSSR count). The molecule has 0 saturated heterocycles. The predicted octanol–water partition coefficient (Wildman–Crippen LogP) is 2.41. The number of nitrogens with one attached hydrogen (secondary N) is 2. The molecular formula is C17H19F3N4O4. The molecule has 1 aromatic carbocycles. The van der Waals surface area contributed by atoms with E-state index in [9.17, 15) is 18.0 Å². The summed E-state index contributed by atoms with van der Waals surface area (Å²) in [6.07, 6.45) is -3.10. The quantitative estimate of drug-likeness (QED) is 0.721. The molecular weight excluding hydrogens is 381 g/mol. The Hall–Kier alpha value is -2.95. The molecule has 0 aliphatic carbocycles. The van der Waals surface area contributed by atoms with E-state index in [1.807, 2.05) is 25.2 Å². The van der Waals surface area contributed by atoms with Gasteiger partial charge in [0.05, 0.1) is 0 Å². The Morgan fingerprint density at radius 2 is 2.07 bits per heavy atom. The number of rotatable bonds is 4. The topological polar surface area (TPSA) is 117 Å². The lowest BCUT2D eigenvalue weighted by atomic mass is 10.0. The van der Waals surface area contributed by atoms with Gasteiger partial charge in [0.25, 0.3) is 5.89 Å². The smallest absolute Gasteiger partial charge is 0.475 e. The van der Waals surface area contributed by atoms with Gasteiger partial charge in [-0.25, -0.2) is 4.79 Å². The van der Waals surface area contributed by atoms with Crippen LogP contribution in [0.1, 0.15) is 24.7 Å². The number of likely N-dealkylation sites (N-methyl/N-ethyl adjacent to an activating group) is 1. The molecule has 1 aromatic heterocycles. The van der Waals surface area contributed by atoms with Gasteiger partial charge in [0, 0.05) is 30.1 Å². The lowest BCUT2D eigenvalue weighted by Crippen LogP contribution is -2.24. The number of anilines is 1. The monoisotopic (exact) mass is 400 g/mol. The van der Waals surface area contributed by atoms with Crippen molar-refractivity contribution in [3.63, 3.8) is 0 Å². The number of carbonyl (C=O) groups excluding carboxylic acids is 1. The van der Waals surface area contributed by atoms with Crippen molar-refractivity contribution in [2.24, 2.45) is 0 Å². The van der Waals surface area contributed by atoms with Gasteiger partial charge in [-0.2, -0.15) is 18.2 Å². The minimum Gasteiger partial charge on any atom is -0.475 e. The second-order valence-corrected chi connectivity index (χ2v) is 6.13. The molecule has 2 aromatic rings. The van der Waals surface area contributed by atoms with Gasteiger partial charge < -0.3 is 20.3 Å². The van der Waals surface area contributed by atoms with Crippen molar-refractivity contribution in [3.05, 3.63) is 29.6 Å². The lowest BCUT2D eigenvalue weighted by Gasteiger charge is -2.16. The van der Waals surface area contributed by atoms with E-state index in [-0.39, 0.29) is 5.91 Å². The fourth-order valence-electron chi connectivity index (χ4n) is 2.35. The number of alkyl halides is 3. The van der Waals surface area contributed by atoms with Crippen LogP contribution in [0.4, 0.5) is 18.9 Å². The highest BCUT2D eigenvalue weighted by Crippen LogP contribution is 2.28. The van der Waals surface area contributed by atoms with Gasteiger partial charge in [0.1, 0.15) is 0 Å². The zero-order chi connectivity index (χ0) is 20.9. The Morgan fingerprint density at radius 1 is 1.39 bits per heavy atom. The minimum absolute atomic E-state index is 0.0661. The van der Waals surface area contributed by atoms with Crippen molar-refractivity contribution < 1.29 is 32.4 Å². The van der Waals surface area contributed by atoms with E-state index < -0.39 is 12.1 Å². The average molecular weight is 400 g/mol. The first-order valence-electron chi connectivity index (χ1n) is 8.33. The Labute approximate surface area is 158 Å². The van der Waals surface area contributed by atoms with E-state index in [2.05, 4.69) is 27.7 Å². The number of benzene rings is 1. The molecule has 0 bridgehead atoms. The maximum atomic E-state index is 11.4. The summed E-state index contributed by atoms with van der Waals surface area (Å²) in [6, 6.07) is 6.09. The lowest BCUT2D eigenvalue weighted by molar-refractivity contribution is -0.192. The number of aryl methyl sites for hydroxylation is 1. The SMILES string of the molecule is CNC(C)Cc1noc(-c2ccc3c(c2)CCC(=O)N3)n1.O=C(O)C(F)(F)F. The normalized spacial score (nSPS) is 14.4. The molecule has 0 fully saturated rings. The number of hydrogen-bond acceptors (Lipinski definition) is 6. The molecule has 1 aliphatic rings. The second-order valence-electron chi connectivity index (χ2n) is 6.13. The predicted molar refractivity (Wildman–Crippen MR) is 92.6 cm³/mol. The third-order valence-corrected chi connectivity index (χ3v) is 3.94. The van der Waals surface area contributed by atoms with Crippen molar-refractivity contribution in [2.45, 2.75) is 38.4 Å². The van der Waals surface area contributed by atoms with Crippen molar-refractivity contribution in [2.75, 3.05) is 12.4 Å². The van der Waals surface area contributed by atoms with Gasteiger partial charge >= 0.3 is 12.1 Å². The second kappa shape index (κ2) is 8.83. The molecule has 0 spiro atoms. The highest BCUT2D eigenvalue weighted by molar-refractivity contribution is 5.94. The number of carbonyl (C=O) groups is 2. The Kier molecular flexibility index (Phi) is 6.73. The maximum Gasteiger partial charge on any atom is 0.490 e. The molecule has 152 valence electrons. The van der Waals surface area contributed by atoms with E-state index in [4.69, 9.17) is 14.4 Å². The summed E-state index contributed by atoms with van der Waals surface area (Å²) in [5, 5.41) is 17.1. The van der Waals surface area contributed by atoms with E-state index in [0.717, 1.165) is 29.7 Å². The molecule has 1 amide bonds. The van der Waals surface area contributed by atoms with Crippen molar-refractivity contribution in [3.8, 4) is 11.5 Å². The Balaban J connectivity index is 0.000000345. The third-order valence-electron chi connectivity index (χ3n) is 3.94. The Bertz CT molecular complexity index is 851. The van der Waals surface area contributed by atoms with Crippen LogP contribution in [-0.4, -0.2) is 46.4 Å². The summed E-state index contributed by atoms with van der Waals surface area (Å²) in [6.45, 7) is 2.07. The molecule has 28 heavy (non-hydrogen) atoms. The summed E-state index contributed by atoms with van der Waals surface area (Å²) in [4.78, 5) is 24.7. The van der Waals surface area contributed by atoms with Crippen LogP contribution >= 0.6 is 0 Å². The molecule has 1 aliphatic heterocycles. The zero-order valence-corrected chi connectivity index (χ0v) is 15.1. The number of amides is 1. The molecule has 1 atom stereocenters. The van der Waals surface area contributed by atoms with E-state index in [0.29, 0.717) is 24.2 Å². The number of aliphatic carboxylic acids is 1. The van der Waals surface area contributed by atoms with Crippen molar-refractivity contribution in [1.82, 2.24) is 15.5 Å². The fraction of sp³-hybridized carbons (Fsp3) is 0.412. The third kappa shape index (κ3) is 5.78.